The van der Waals surface area contributed by atoms with Crippen LogP contribution in [0.25, 0.3) is 0 Å². The number of methoxy groups -OCH3 is 1. The fourth-order valence-electron chi connectivity index (χ4n) is 0.445. The SMILES string of the molecule is CCC(C)(C)OOC(=O)C=CC(=O)OC. The maximum atomic E-state index is 11.0. The summed E-state index contributed by atoms with van der Waals surface area (Å²) in [6, 6.07) is 0. The number of ether oxygens (including phenoxy) is 1. The van der Waals surface area contributed by atoms with Crippen molar-refractivity contribution in [2.24, 2.45) is 0 Å². The van der Waals surface area contributed by atoms with E-state index >= 15 is 0 Å². The van der Waals surface area contributed by atoms with E-state index in [4.69, 9.17) is 4.89 Å². The van der Waals surface area contributed by atoms with E-state index < -0.39 is 17.5 Å². The van der Waals surface area contributed by atoms with Crippen LogP contribution in [-0.2, 0) is 24.1 Å². The van der Waals surface area contributed by atoms with Crippen molar-refractivity contribution in [2.45, 2.75) is 32.8 Å². The third-order valence-electron chi connectivity index (χ3n) is 1.76. The van der Waals surface area contributed by atoms with Gasteiger partial charge in [0.25, 0.3) is 0 Å². The summed E-state index contributed by atoms with van der Waals surface area (Å²) in [5, 5.41) is 0. The van der Waals surface area contributed by atoms with Gasteiger partial charge in [0.05, 0.1) is 7.11 Å². The largest absolute Gasteiger partial charge is 0.466 e. The fourth-order valence-corrected chi connectivity index (χ4v) is 0.445. The van der Waals surface area contributed by atoms with Crippen molar-refractivity contribution in [3.05, 3.63) is 12.2 Å². The summed E-state index contributed by atoms with van der Waals surface area (Å²) in [7, 11) is 1.22. The molecule has 5 nitrogen and oxygen atoms in total. The molecule has 0 heterocycles. The summed E-state index contributed by atoms with van der Waals surface area (Å²) in [6.07, 6.45) is 2.60. The summed E-state index contributed by atoms with van der Waals surface area (Å²) in [4.78, 5) is 30.9. The molecule has 0 bridgehead atoms. The van der Waals surface area contributed by atoms with Gasteiger partial charge in [0.1, 0.15) is 5.60 Å². The third-order valence-corrected chi connectivity index (χ3v) is 1.76. The van der Waals surface area contributed by atoms with Gasteiger partial charge in [-0.05, 0) is 20.3 Å². The van der Waals surface area contributed by atoms with Crippen LogP contribution in [0, 0.1) is 0 Å². The Hall–Kier alpha value is -1.36. The van der Waals surface area contributed by atoms with Crippen LogP contribution in [0.1, 0.15) is 27.2 Å². The molecule has 0 amide bonds. The quantitative estimate of drug-likeness (QED) is 0.300. The van der Waals surface area contributed by atoms with Gasteiger partial charge in [-0.2, -0.15) is 4.89 Å². The van der Waals surface area contributed by atoms with Gasteiger partial charge in [0.15, 0.2) is 0 Å². The predicted molar refractivity (Wildman–Crippen MR) is 52.7 cm³/mol. The predicted octanol–water partition coefficient (Wildman–Crippen LogP) is 1.38. The van der Waals surface area contributed by atoms with E-state index in [0.29, 0.717) is 6.42 Å². The van der Waals surface area contributed by atoms with E-state index in [1.165, 1.54) is 7.11 Å². The Balaban J connectivity index is 3.96. The molecule has 0 saturated heterocycles. The Morgan fingerprint density at radius 3 is 2.20 bits per heavy atom. The van der Waals surface area contributed by atoms with Crippen LogP contribution in [0.3, 0.4) is 0 Å². The smallest absolute Gasteiger partial charge is 0.366 e. The summed E-state index contributed by atoms with van der Waals surface area (Å²) in [5.41, 5.74) is -0.533. The van der Waals surface area contributed by atoms with E-state index in [9.17, 15) is 9.59 Å². The summed E-state index contributed by atoms with van der Waals surface area (Å²) in [6.45, 7) is 5.47. The first-order valence-corrected chi connectivity index (χ1v) is 4.57. The first-order chi connectivity index (χ1) is 6.91. The third kappa shape index (κ3) is 6.68. The number of rotatable bonds is 5. The van der Waals surface area contributed by atoms with Gasteiger partial charge in [-0.1, -0.05) is 6.92 Å². The van der Waals surface area contributed by atoms with Crippen LogP contribution >= 0.6 is 0 Å². The second-order valence-corrected chi connectivity index (χ2v) is 3.46. The van der Waals surface area contributed by atoms with Gasteiger partial charge in [-0.15, -0.1) is 0 Å². The molecule has 0 aliphatic carbocycles. The molecule has 0 rings (SSSR count). The van der Waals surface area contributed by atoms with Gasteiger partial charge in [-0.25, -0.2) is 9.59 Å². The highest BCUT2D eigenvalue weighted by atomic mass is 17.2. The van der Waals surface area contributed by atoms with E-state index in [-0.39, 0.29) is 0 Å². The van der Waals surface area contributed by atoms with Crippen LogP contribution < -0.4 is 0 Å². The van der Waals surface area contributed by atoms with Crippen LogP contribution in [0.4, 0.5) is 0 Å². The molecule has 5 heteroatoms. The van der Waals surface area contributed by atoms with Crippen LogP contribution in [0.2, 0.25) is 0 Å². The molecule has 15 heavy (non-hydrogen) atoms. The highest BCUT2D eigenvalue weighted by Crippen LogP contribution is 2.13. The molecule has 0 aromatic rings. The Labute approximate surface area is 88.9 Å². The van der Waals surface area contributed by atoms with Gasteiger partial charge >= 0.3 is 11.9 Å². The van der Waals surface area contributed by atoms with Crippen molar-refractivity contribution in [3.63, 3.8) is 0 Å². The van der Waals surface area contributed by atoms with Crippen molar-refractivity contribution >= 4 is 11.9 Å². The topological polar surface area (TPSA) is 61.8 Å². The molecule has 0 atom stereocenters. The van der Waals surface area contributed by atoms with Gasteiger partial charge < -0.3 is 4.74 Å². The van der Waals surface area contributed by atoms with E-state index in [2.05, 4.69) is 9.62 Å². The standard InChI is InChI=1S/C10H16O5/c1-5-10(2,3)15-14-9(12)7-6-8(11)13-4/h6-7H,5H2,1-4H3. The minimum absolute atomic E-state index is 0.533. The maximum Gasteiger partial charge on any atom is 0.366 e. The number of esters is 1. The fraction of sp³-hybridized carbons (Fsp3) is 0.600. The lowest BCUT2D eigenvalue weighted by molar-refractivity contribution is -0.321. The van der Waals surface area contributed by atoms with Crippen molar-refractivity contribution in [1.82, 2.24) is 0 Å². The average molecular weight is 216 g/mol. The van der Waals surface area contributed by atoms with Crippen molar-refractivity contribution in [2.75, 3.05) is 7.11 Å². The zero-order chi connectivity index (χ0) is 11.9. The van der Waals surface area contributed by atoms with Gasteiger partial charge in [0.2, 0.25) is 0 Å². The lowest BCUT2D eigenvalue weighted by Crippen LogP contribution is -2.24. The van der Waals surface area contributed by atoms with Gasteiger partial charge in [0, 0.05) is 12.2 Å². The highest BCUT2D eigenvalue weighted by Gasteiger charge is 2.18. The molecule has 0 unspecified atom stereocenters. The molecule has 0 spiro atoms. The zero-order valence-corrected chi connectivity index (χ0v) is 9.40. The first kappa shape index (κ1) is 13.6. The minimum Gasteiger partial charge on any atom is -0.466 e. The van der Waals surface area contributed by atoms with Crippen LogP contribution in [0.5, 0.6) is 0 Å². The zero-order valence-electron chi connectivity index (χ0n) is 9.40. The highest BCUT2D eigenvalue weighted by molar-refractivity contribution is 5.91. The molecular formula is C10H16O5. The number of carbonyl (C=O) groups is 2. The van der Waals surface area contributed by atoms with Crippen molar-refractivity contribution < 1.29 is 24.1 Å². The molecule has 86 valence electrons. The van der Waals surface area contributed by atoms with Crippen LogP contribution in [0.15, 0.2) is 12.2 Å². The molecule has 0 aliphatic rings. The summed E-state index contributed by atoms with van der Waals surface area (Å²) >= 11 is 0. The normalized spacial score (nSPS) is 11.5. The Morgan fingerprint density at radius 2 is 1.73 bits per heavy atom. The Kier molecular flexibility index (Phi) is 5.62. The lowest BCUT2D eigenvalue weighted by atomic mass is 10.1. The number of hydrogen-bond acceptors (Lipinski definition) is 5. The second kappa shape index (κ2) is 6.19. The number of carbonyl (C=O) groups excluding carboxylic acids is 2. The average Bonchev–Trinajstić information content (AvgIpc) is 2.23. The van der Waals surface area contributed by atoms with E-state index in [0.717, 1.165) is 12.2 Å². The molecule has 0 aliphatic heterocycles. The van der Waals surface area contributed by atoms with E-state index in [1.54, 1.807) is 13.8 Å². The van der Waals surface area contributed by atoms with Crippen molar-refractivity contribution in [1.29, 1.82) is 0 Å². The molecule has 0 saturated carbocycles. The summed E-state index contributed by atoms with van der Waals surface area (Å²) < 4.78 is 4.29. The second-order valence-electron chi connectivity index (χ2n) is 3.46. The summed E-state index contributed by atoms with van der Waals surface area (Å²) in [5.74, 6) is -1.37. The number of hydrogen-bond donors (Lipinski definition) is 0. The molecule has 0 fully saturated rings. The van der Waals surface area contributed by atoms with E-state index in [1.807, 2.05) is 6.92 Å². The molecule has 0 N–H and O–H groups in total. The lowest BCUT2D eigenvalue weighted by Gasteiger charge is -2.19. The Morgan fingerprint density at radius 1 is 1.20 bits per heavy atom. The monoisotopic (exact) mass is 216 g/mol. The van der Waals surface area contributed by atoms with Crippen molar-refractivity contribution in [3.8, 4) is 0 Å². The maximum absolute atomic E-state index is 11.0. The molecule has 0 aromatic carbocycles. The molecular weight excluding hydrogens is 200 g/mol. The molecule has 0 aromatic heterocycles. The van der Waals surface area contributed by atoms with Crippen LogP contribution in [-0.4, -0.2) is 24.6 Å². The minimum atomic E-state index is -0.748. The molecule has 0 radical (unpaired) electrons. The first-order valence-electron chi connectivity index (χ1n) is 4.57. The Bertz CT molecular complexity index is 255. The van der Waals surface area contributed by atoms with Gasteiger partial charge in [-0.3, -0.25) is 4.89 Å².